The third-order valence-corrected chi connectivity index (χ3v) is 7.53. The lowest BCUT2D eigenvalue weighted by molar-refractivity contribution is 0.412. The van der Waals surface area contributed by atoms with E-state index >= 15 is 0 Å². The van der Waals surface area contributed by atoms with E-state index in [2.05, 4.69) is 26.1 Å². The van der Waals surface area contributed by atoms with Crippen molar-refractivity contribution in [1.82, 2.24) is 14.8 Å². The molecule has 0 radical (unpaired) electrons. The van der Waals surface area contributed by atoms with Gasteiger partial charge in [-0.2, -0.15) is 0 Å². The Hall–Kier alpha value is -1.06. The van der Waals surface area contributed by atoms with Crippen LogP contribution in [0.3, 0.4) is 0 Å². The number of ether oxygens (including phenoxy) is 1. The Morgan fingerprint density at radius 3 is 2.83 bits per heavy atom. The monoisotopic (exact) mass is 431 g/mol. The van der Waals surface area contributed by atoms with Crippen LogP contribution in [0.1, 0.15) is 23.7 Å². The van der Waals surface area contributed by atoms with Crippen LogP contribution in [0.4, 0.5) is 0 Å². The highest BCUT2D eigenvalue weighted by Crippen LogP contribution is 2.31. The van der Waals surface area contributed by atoms with Gasteiger partial charge in [0.05, 0.1) is 23.1 Å². The van der Waals surface area contributed by atoms with Gasteiger partial charge in [-0.15, -0.1) is 10.2 Å². The molecule has 2 aromatic rings. The van der Waals surface area contributed by atoms with E-state index < -0.39 is 9.84 Å². The van der Waals surface area contributed by atoms with Gasteiger partial charge >= 0.3 is 0 Å². The van der Waals surface area contributed by atoms with Gasteiger partial charge in [-0.25, -0.2) is 8.42 Å². The second-order valence-electron chi connectivity index (χ2n) is 5.76. The topological polar surface area (TPSA) is 74.1 Å². The fourth-order valence-electron chi connectivity index (χ4n) is 2.75. The number of sulfone groups is 1. The first kappa shape index (κ1) is 17.8. The highest BCUT2D eigenvalue weighted by atomic mass is 79.9. The van der Waals surface area contributed by atoms with Gasteiger partial charge in [-0.1, -0.05) is 17.8 Å². The SMILES string of the molecule is COc1ccc(CSc2nnc(C3CCS(=O)(=O)C3)n2C)cc1Br. The summed E-state index contributed by atoms with van der Waals surface area (Å²) in [6, 6.07) is 5.95. The third kappa shape index (κ3) is 3.78. The van der Waals surface area contributed by atoms with E-state index in [1.165, 1.54) is 0 Å². The maximum atomic E-state index is 11.6. The average Bonchev–Trinajstić information content (AvgIpc) is 3.07. The summed E-state index contributed by atoms with van der Waals surface area (Å²) >= 11 is 5.06. The number of thioether (sulfide) groups is 1. The summed E-state index contributed by atoms with van der Waals surface area (Å²) in [5.41, 5.74) is 1.14. The first-order valence-electron chi connectivity index (χ1n) is 7.44. The quantitative estimate of drug-likeness (QED) is 0.677. The lowest BCUT2D eigenvalue weighted by Gasteiger charge is -2.08. The van der Waals surface area contributed by atoms with E-state index in [0.717, 1.165) is 32.5 Å². The van der Waals surface area contributed by atoms with Crippen molar-refractivity contribution in [3.63, 3.8) is 0 Å². The summed E-state index contributed by atoms with van der Waals surface area (Å²) in [6.45, 7) is 0. The number of nitrogens with zero attached hydrogens (tertiary/aromatic N) is 3. The fraction of sp³-hybridized carbons (Fsp3) is 0.467. The minimum absolute atomic E-state index is 0.0445. The summed E-state index contributed by atoms with van der Waals surface area (Å²) in [7, 11) is 0.610. The van der Waals surface area contributed by atoms with Crippen LogP contribution in [0.25, 0.3) is 0 Å². The van der Waals surface area contributed by atoms with Gasteiger partial charge in [0.25, 0.3) is 0 Å². The summed E-state index contributed by atoms with van der Waals surface area (Å²) in [4.78, 5) is 0. The van der Waals surface area contributed by atoms with E-state index in [1.54, 1.807) is 18.9 Å². The smallest absolute Gasteiger partial charge is 0.191 e. The molecular formula is C15H18BrN3O3S2. The Labute approximate surface area is 154 Å². The first-order chi connectivity index (χ1) is 11.4. The normalized spacial score (nSPS) is 19.5. The largest absolute Gasteiger partial charge is 0.496 e. The zero-order valence-corrected chi connectivity index (χ0v) is 16.6. The van der Waals surface area contributed by atoms with Crippen molar-refractivity contribution in [3.05, 3.63) is 34.1 Å². The molecule has 1 atom stereocenters. The van der Waals surface area contributed by atoms with Crippen molar-refractivity contribution in [1.29, 1.82) is 0 Å². The number of halogens is 1. The van der Waals surface area contributed by atoms with Crippen molar-refractivity contribution in [3.8, 4) is 5.75 Å². The van der Waals surface area contributed by atoms with Crippen LogP contribution in [-0.4, -0.2) is 41.8 Å². The summed E-state index contributed by atoms with van der Waals surface area (Å²) in [5.74, 6) is 2.68. The Morgan fingerprint density at radius 2 is 2.21 bits per heavy atom. The van der Waals surface area contributed by atoms with E-state index in [1.807, 2.05) is 29.8 Å². The molecule has 0 saturated carbocycles. The summed E-state index contributed by atoms with van der Waals surface area (Å²) in [5, 5.41) is 9.24. The van der Waals surface area contributed by atoms with Crippen molar-refractivity contribution in [2.75, 3.05) is 18.6 Å². The van der Waals surface area contributed by atoms with Gasteiger partial charge in [0.15, 0.2) is 15.0 Å². The third-order valence-electron chi connectivity index (χ3n) is 4.05. The van der Waals surface area contributed by atoms with Gasteiger partial charge in [0.1, 0.15) is 11.6 Å². The molecule has 0 aliphatic carbocycles. The second-order valence-corrected chi connectivity index (χ2v) is 9.78. The van der Waals surface area contributed by atoms with Crippen LogP contribution in [0.15, 0.2) is 27.8 Å². The number of benzene rings is 1. The van der Waals surface area contributed by atoms with Gasteiger partial charge in [0, 0.05) is 18.7 Å². The molecule has 1 unspecified atom stereocenters. The number of hydrogen-bond donors (Lipinski definition) is 0. The zero-order valence-electron chi connectivity index (χ0n) is 13.4. The molecule has 0 amide bonds. The fourth-order valence-corrected chi connectivity index (χ4v) is 5.94. The predicted molar refractivity (Wildman–Crippen MR) is 97.3 cm³/mol. The maximum absolute atomic E-state index is 11.6. The molecule has 1 aliphatic heterocycles. The zero-order chi connectivity index (χ0) is 17.3. The van der Waals surface area contributed by atoms with Crippen molar-refractivity contribution >= 4 is 37.5 Å². The number of aromatic nitrogens is 3. The molecule has 24 heavy (non-hydrogen) atoms. The lowest BCUT2D eigenvalue weighted by Crippen LogP contribution is -2.09. The Balaban J connectivity index is 1.70. The maximum Gasteiger partial charge on any atom is 0.191 e. The van der Waals surface area contributed by atoms with Gasteiger partial charge in [0.2, 0.25) is 0 Å². The molecule has 0 spiro atoms. The number of rotatable bonds is 5. The molecule has 3 rings (SSSR count). The van der Waals surface area contributed by atoms with Gasteiger partial charge < -0.3 is 9.30 Å². The van der Waals surface area contributed by atoms with Crippen molar-refractivity contribution in [2.24, 2.45) is 7.05 Å². The van der Waals surface area contributed by atoms with Crippen LogP contribution < -0.4 is 4.74 Å². The first-order valence-corrected chi connectivity index (χ1v) is 11.0. The van der Waals surface area contributed by atoms with E-state index in [-0.39, 0.29) is 17.4 Å². The van der Waals surface area contributed by atoms with E-state index in [0.29, 0.717) is 6.42 Å². The van der Waals surface area contributed by atoms with Crippen molar-refractivity contribution in [2.45, 2.75) is 23.2 Å². The average molecular weight is 432 g/mol. The van der Waals surface area contributed by atoms with Crippen LogP contribution in [0.5, 0.6) is 5.75 Å². The summed E-state index contributed by atoms with van der Waals surface area (Å²) < 4.78 is 31.4. The number of hydrogen-bond acceptors (Lipinski definition) is 6. The van der Waals surface area contributed by atoms with Crippen LogP contribution in [0, 0.1) is 0 Å². The molecule has 2 heterocycles. The van der Waals surface area contributed by atoms with Crippen LogP contribution >= 0.6 is 27.7 Å². The van der Waals surface area contributed by atoms with Crippen LogP contribution in [-0.2, 0) is 22.6 Å². The molecular weight excluding hydrogens is 414 g/mol. The molecule has 0 N–H and O–H groups in total. The standard InChI is InChI=1S/C15H18BrN3O3S2/c1-19-14(11-5-6-24(20,21)9-11)17-18-15(19)23-8-10-3-4-13(22-2)12(16)7-10/h3-4,7,11H,5-6,8-9H2,1-2H3. The molecule has 1 fully saturated rings. The molecule has 1 aliphatic rings. The van der Waals surface area contributed by atoms with Gasteiger partial charge in [-0.3, -0.25) is 0 Å². The molecule has 1 aromatic carbocycles. The molecule has 6 nitrogen and oxygen atoms in total. The van der Waals surface area contributed by atoms with Crippen LogP contribution in [0.2, 0.25) is 0 Å². The Kier molecular flexibility index (Phi) is 5.22. The second kappa shape index (κ2) is 7.05. The molecule has 1 saturated heterocycles. The van der Waals surface area contributed by atoms with E-state index in [4.69, 9.17) is 4.74 Å². The molecule has 9 heteroatoms. The molecule has 0 bridgehead atoms. The Bertz CT molecular complexity index is 852. The minimum Gasteiger partial charge on any atom is -0.496 e. The van der Waals surface area contributed by atoms with Crippen molar-refractivity contribution < 1.29 is 13.2 Å². The lowest BCUT2D eigenvalue weighted by atomic mass is 10.1. The predicted octanol–water partition coefficient (Wildman–Crippen LogP) is 2.78. The van der Waals surface area contributed by atoms with E-state index in [9.17, 15) is 8.42 Å². The molecule has 130 valence electrons. The minimum atomic E-state index is -2.92. The number of methoxy groups -OCH3 is 1. The summed E-state index contributed by atoms with van der Waals surface area (Å²) in [6.07, 6.45) is 0.629. The molecule has 1 aromatic heterocycles. The highest BCUT2D eigenvalue weighted by Gasteiger charge is 2.32. The Morgan fingerprint density at radius 1 is 1.42 bits per heavy atom. The van der Waals surface area contributed by atoms with Gasteiger partial charge in [-0.05, 0) is 40.0 Å². The highest BCUT2D eigenvalue weighted by molar-refractivity contribution is 9.10.